The molecule has 2 aliphatic rings. The van der Waals surface area contributed by atoms with Crippen LogP contribution >= 0.6 is 0 Å². The normalized spacial score (nSPS) is 15.3. The SMILES string of the molecule is C1=Cc2ccc(-c3nc(-c4ccccc4)cc(-c4ccccc4)n3)cc2C2(c3ccccc31)c1ccccc1-c1cc3ccccc3cc12. The maximum Gasteiger partial charge on any atom is 0.160 e. The Hall–Kier alpha value is -6.38. The maximum absolute atomic E-state index is 5.23. The van der Waals surface area contributed by atoms with E-state index >= 15 is 0 Å². The van der Waals surface area contributed by atoms with Gasteiger partial charge in [0.15, 0.2) is 5.82 Å². The molecule has 2 heteroatoms. The molecule has 1 atom stereocenters. The van der Waals surface area contributed by atoms with Gasteiger partial charge in [0.2, 0.25) is 0 Å². The molecule has 7 aromatic carbocycles. The molecule has 0 aliphatic heterocycles. The van der Waals surface area contributed by atoms with Crippen molar-refractivity contribution < 1.29 is 0 Å². The van der Waals surface area contributed by atoms with E-state index in [2.05, 4.69) is 170 Å². The smallest absolute Gasteiger partial charge is 0.160 e. The van der Waals surface area contributed by atoms with Crippen LogP contribution in [0.2, 0.25) is 0 Å². The summed E-state index contributed by atoms with van der Waals surface area (Å²) in [6.45, 7) is 0. The summed E-state index contributed by atoms with van der Waals surface area (Å²) in [5.41, 5.74) is 14.5. The van der Waals surface area contributed by atoms with Crippen molar-refractivity contribution in [1.82, 2.24) is 9.97 Å². The molecule has 1 unspecified atom stereocenters. The Labute approximate surface area is 285 Å². The van der Waals surface area contributed by atoms with Gasteiger partial charge in [-0.2, -0.15) is 0 Å². The van der Waals surface area contributed by atoms with Crippen molar-refractivity contribution in [2.45, 2.75) is 5.41 Å². The lowest BCUT2D eigenvalue weighted by Gasteiger charge is -2.35. The Balaban J connectivity index is 1.29. The van der Waals surface area contributed by atoms with Crippen molar-refractivity contribution >= 4 is 22.9 Å². The molecule has 0 saturated carbocycles. The third kappa shape index (κ3) is 4.21. The molecule has 2 nitrogen and oxygen atoms in total. The number of fused-ring (bicyclic) bond motifs is 10. The lowest BCUT2D eigenvalue weighted by Crippen LogP contribution is -2.30. The predicted molar refractivity (Wildman–Crippen MR) is 202 cm³/mol. The summed E-state index contributed by atoms with van der Waals surface area (Å²) in [5.74, 6) is 0.713. The minimum atomic E-state index is -0.541. The fraction of sp³-hybridized carbons (Fsp3) is 0.0213. The quantitative estimate of drug-likeness (QED) is 0.196. The van der Waals surface area contributed by atoms with Crippen LogP contribution in [0.15, 0.2) is 170 Å². The molecule has 1 spiro atoms. The van der Waals surface area contributed by atoms with Crippen LogP contribution in [0.3, 0.4) is 0 Å². The lowest BCUT2D eigenvalue weighted by atomic mass is 9.65. The highest BCUT2D eigenvalue weighted by molar-refractivity contribution is 5.98. The van der Waals surface area contributed by atoms with Gasteiger partial charge in [-0.1, -0.05) is 158 Å². The first-order valence-corrected chi connectivity index (χ1v) is 16.8. The van der Waals surface area contributed by atoms with E-state index in [1.54, 1.807) is 0 Å². The van der Waals surface area contributed by atoms with Crippen molar-refractivity contribution in [3.63, 3.8) is 0 Å². The molecular weight excluding hydrogens is 593 g/mol. The Kier molecular flexibility index (Phi) is 6.13. The van der Waals surface area contributed by atoms with E-state index in [1.165, 1.54) is 55.3 Å². The zero-order valence-corrected chi connectivity index (χ0v) is 26.7. The van der Waals surface area contributed by atoms with Crippen molar-refractivity contribution in [2.75, 3.05) is 0 Å². The summed E-state index contributed by atoms with van der Waals surface area (Å²) in [6, 6.07) is 61.2. The van der Waals surface area contributed by atoms with E-state index in [9.17, 15) is 0 Å². The fourth-order valence-corrected chi connectivity index (χ4v) is 8.11. The minimum absolute atomic E-state index is 0.541. The first-order chi connectivity index (χ1) is 24.3. The summed E-state index contributed by atoms with van der Waals surface area (Å²) >= 11 is 0. The Morgan fingerprint density at radius 2 is 0.918 bits per heavy atom. The number of rotatable bonds is 3. The first kappa shape index (κ1) is 27.7. The maximum atomic E-state index is 5.23. The van der Waals surface area contributed by atoms with Gasteiger partial charge in [0.05, 0.1) is 16.8 Å². The van der Waals surface area contributed by atoms with Crippen LogP contribution in [0.4, 0.5) is 0 Å². The van der Waals surface area contributed by atoms with Crippen molar-refractivity contribution in [1.29, 1.82) is 0 Å². The first-order valence-electron chi connectivity index (χ1n) is 16.8. The zero-order valence-electron chi connectivity index (χ0n) is 26.7. The molecule has 2 aliphatic carbocycles. The highest BCUT2D eigenvalue weighted by Crippen LogP contribution is 2.59. The minimum Gasteiger partial charge on any atom is -0.228 e. The van der Waals surface area contributed by atoms with Gasteiger partial charge in [0.25, 0.3) is 0 Å². The van der Waals surface area contributed by atoms with Gasteiger partial charge >= 0.3 is 0 Å². The van der Waals surface area contributed by atoms with Crippen LogP contribution in [0.5, 0.6) is 0 Å². The molecule has 0 amide bonds. The largest absolute Gasteiger partial charge is 0.228 e. The van der Waals surface area contributed by atoms with Gasteiger partial charge < -0.3 is 0 Å². The second-order valence-electron chi connectivity index (χ2n) is 13.0. The monoisotopic (exact) mass is 622 g/mol. The van der Waals surface area contributed by atoms with Gasteiger partial charge in [-0.15, -0.1) is 0 Å². The number of hydrogen-bond donors (Lipinski definition) is 0. The van der Waals surface area contributed by atoms with Crippen molar-refractivity contribution in [3.8, 4) is 45.0 Å². The molecule has 228 valence electrons. The Morgan fingerprint density at radius 3 is 1.63 bits per heavy atom. The van der Waals surface area contributed by atoms with E-state index in [-0.39, 0.29) is 0 Å². The average molecular weight is 623 g/mol. The molecule has 0 radical (unpaired) electrons. The van der Waals surface area contributed by atoms with Gasteiger partial charge in [-0.25, -0.2) is 9.97 Å². The van der Waals surface area contributed by atoms with Crippen LogP contribution in [0.1, 0.15) is 33.4 Å². The third-order valence-corrected chi connectivity index (χ3v) is 10.3. The zero-order chi connectivity index (χ0) is 32.4. The van der Waals surface area contributed by atoms with E-state index in [0.29, 0.717) is 5.82 Å². The second-order valence-corrected chi connectivity index (χ2v) is 13.0. The molecule has 0 fully saturated rings. The molecule has 1 heterocycles. The predicted octanol–water partition coefficient (Wildman–Crippen LogP) is 11.5. The number of nitrogens with zero attached hydrogens (tertiary/aromatic N) is 2. The van der Waals surface area contributed by atoms with Crippen molar-refractivity contribution in [3.05, 3.63) is 203 Å². The van der Waals surface area contributed by atoms with Gasteiger partial charge in [0, 0.05) is 16.7 Å². The van der Waals surface area contributed by atoms with Crippen molar-refractivity contribution in [2.24, 2.45) is 0 Å². The van der Waals surface area contributed by atoms with Gasteiger partial charge in [-0.05, 0) is 79.5 Å². The molecule has 8 aromatic rings. The summed E-state index contributed by atoms with van der Waals surface area (Å²) in [6.07, 6.45) is 4.56. The van der Waals surface area contributed by atoms with E-state index in [1.807, 2.05) is 12.1 Å². The number of hydrogen-bond acceptors (Lipinski definition) is 2. The van der Waals surface area contributed by atoms with Crippen LogP contribution < -0.4 is 0 Å². The van der Waals surface area contributed by atoms with Crippen LogP contribution in [0.25, 0.3) is 68.0 Å². The van der Waals surface area contributed by atoms with Crippen LogP contribution in [-0.4, -0.2) is 9.97 Å². The Morgan fingerprint density at radius 1 is 0.347 bits per heavy atom. The number of aromatic nitrogens is 2. The second kappa shape index (κ2) is 10.8. The summed E-state index contributed by atoms with van der Waals surface area (Å²) in [7, 11) is 0. The average Bonchev–Trinajstić information content (AvgIpc) is 3.37. The molecular formula is C47H30N2. The van der Waals surface area contributed by atoms with E-state index in [4.69, 9.17) is 9.97 Å². The molecule has 0 N–H and O–H groups in total. The highest BCUT2D eigenvalue weighted by atomic mass is 14.9. The molecule has 0 bridgehead atoms. The molecule has 10 rings (SSSR count). The molecule has 0 saturated heterocycles. The third-order valence-electron chi connectivity index (χ3n) is 10.3. The highest BCUT2D eigenvalue weighted by Gasteiger charge is 2.48. The van der Waals surface area contributed by atoms with Crippen LogP contribution in [-0.2, 0) is 5.41 Å². The lowest BCUT2D eigenvalue weighted by molar-refractivity contribution is 0.767. The molecule has 1 aromatic heterocycles. The topological polar surface area (TPSA) is 25.8 Å². The Bertz CT molecular complexity index is 2540. The summed E-state index contributed by atoms with van der Waals surface area (Å²) in [4.78, 5) is 10.5. The van der Waals surface area contributed by atoms with E-state index in [0.717, 1.165) is 28.1 Å². The summed E-state index contributed by atoms with van der Waals surface area (Å²) < 4.78 is 0. The van der Waals surface area contributed by atoms with E-state index < -0.39 is 5.41 Å². The summed E-state index contributed by atoms with van der Waals surface area (Å²) in [5, 5.41) is 2.49. The fourth-order valence-electron chi connectivity index (χ4n) is 8.11. The van der Waals surface area contributed by atoms with Gasteiger partial charge in [-0.3, -0.25) is 0 Å². The number of benzene rings is 7. The van der Waals surface area contributed by atoms with Gasteiger partial charge in [0.1, 0.15) is 0 Å². The standard InChI is InChI=1S/C47H30N2/c1-3-14-33(15-4-1)44-30-45(34-16-5-2-6-17-34)49-46(48-44)37-26-25-32-24-23-31-13-9-11-21-40(31)47(42(32)29-37)41-22-12-10-20-38(41)39-27-35-18-7-8-19-36(35)28-43(39)47/h1-30H. The van der Waals surface area contributed by atoms with Crippen LogP contribution in [0, 0.1) is 0 Å². The molecule has 49 heavy (non-hydrogen) atoms.